The molecule has 6 nitrogen and oxygen atoms in total. The van der Waals surface area contributed by atoms with Crippen molar-refractivity contribution < 1.29 is 23.8 Å². The lowest BCUT2D eigenvalue weighted by Gasteiger charge is -2.19. The summed E-state index contributed by atoms with van der Waals surface area (Å²) < 4.78 is 15.8. The van der Waals surface area contributed by atoms with Gasteiger partial charge in [-0.3, -0.25) is 0 Å². The van der Waals surface area contributed by atoms with Crippen molar-refractivity contribution in [1.29, 1.82) is 0 Å². The van der Waals surface area contributed by atoms with Gasteiger partial charge in [0.25, 0.3) is 0 Å². The number of carboxylic acid groups (broad SMARTS) is 1. The van der Waals surface area contributed by atoms with Gasteiger partial charge in [0.15, 0.2) is 6.10 Å². The Labute approximate surface area is 92.2 Å². The molecule has 1 N–H and O–H groups in total. The molecule has 0 spiro atoms. The Balaban J connectivity index is 2.24. The van der Waals surface area contributed by atoms with Crippen molar-refractivity contribution in [3.8, 4) is 0 Å². The lowest BCUT2D eigenvalue weighted by molar-refractivity contribution is -0.0998. The van der Waals surface area contributed by atoms with Gasteiger partial charge in [0.05, 0.1) is 25.5 Å². The van der Waals surface area contributed by atoms with Crippen LogP contribution in [0.4, 0.5) is 0 Å². The van der Waals surface area contributed by atoms with E-state index >= 15 is 0 Å². The van der Waals surface area contributed by atoms with Gasteiger partial charge >= 0.3 is 5.97 Å². The van der Waals surface area contributed by atoms with Gasteiger partial charge in [0.2, 0.25) is 11.7 Å². The molecule has 0 amide bonds. The summed E-state index contributed by atoms with van der Waals surface area (Å²) in [4.78, 5) is 15.0. The van der Waals surface area contributed by atoms with Crippen LogP contribution in [-0.2, 0) is 15.9 Å². The average molecular weight is 227 g/mol. The summed E-state index contributed by atoms with van der Waals surface area (Å²) in [6.07, 6.45) is 0.116. The molecule has 88 valence electrons. The zero-order valence-corrected chi connectivity index (χ0v) is 8.93. The molecule has 1 aromatic rings. The van der Waals surface area contributed by atoms with Crippen molar-refractivity contribution >= 4 is 5.97 Å². The van der Waals surface area contributed by atoms with Gasteiger partial charge in [-0.05, 0) is 6.42 Å². The van der Waals surface area contributed by atoms with Crippen LogP contribution in [0.3, 0.4) is 0 Å². The van der Waals surface area contributed by atoms with E-state index in [2.05, 4.69) is 4.98 Å². The van der Waals surface area contributed by atoms with E-state index in [0.717, 1.165) is 0 Å². The predicted molar refractivity (Wildman–Crippen MR) is 52.4 cm³/mol. The van der Waals surface area contributed by atoms with Crippen LogP contribution in [0.15, 0.2) is 4.42 Å². The molecule has 1 saturated heterocycles. The molecule has 1 unspecified atom stereocenters. The Morgan fingerprint density at radius 1 is 1.56 bits per heavy atom. The Kier molecular flexibility index (Phi) is 3.21. The SMILES string of the molecule is CCc1nc(C2COCCO2)oc1C(=O)O. The second kappa shape index (κ2) is 4.63. The highest BCUT2D eigenvalue weighted by Gasteiger charge is 2.26. The van der Waals surface area contributed by atoms with Crippen LogP contribution < -0.4 is 0 Å². The summed E-state index contributed by atoms with van der Waals surface area (Å²) in [6.45, 7) is 3.19. The van der Waals surface area contributed by atoms with Gasteiger partial charge in [-0.15, -0.1) is 0 Å². The molecule has 0 radical (unpaired) electrons. The number of rotatable bonds is 3. The lowest BCUT2D eigenvalue weighted by Crippen LogP contribution is -2.22. The first-order chi connectivity index (χ1) is 7.72. The maximum atomic E-state index is 10.9. The van der Waals surface area contributed by atoms with Gasteiger partial charge in [-0.1, -0.05) is 6.92 Å². The molecule has 0 aliphatic carbocycles. The third-order valence-corrected chi connectivity index (χ3v) is 2.33. The fraction of sp³-hybridized carbons (Fsp3) is 0.600. The van der Waals surface area contributed by atoms with Crippen LogP contribution in [0, 0.1) is 0 Å². The van der Waals surface area contributed by atoms with Gasteiger partial charge in [-0.2, -0.15) is 0 Å². The second-order valence-corrected chi connectivity index (χ2v) is 3.42. The maximum Gasteiger partial charge on any atom is 0.373 e. The molecule has 0 aromatic carbocycles. The average Bonchev–Trinajstić information content (AvgIpc) is 2.74. The van der Waals surface area contributed by atoms with E-state index in [-0.39, 0.29) is 11.7 Å². The first-order valence-corrected chi connectivity index (χ1v) is 5.14. The van der Waals surface area contributed by atoms with Crippen molar-refractivity contribution in [3.05, 3.63) is 17.3 Å². The molecule has 16 heavy (non-hydrogen) atoms. The molecule has 0 saturated carbocycles. The van der Waals surface area contributed by atoms with E-state index in [0.29, 0.717) is 31.9 Å². The number of aryl methyl sites for hydroxylation is 1. The number of nitrogens with zero attached hydrogens (tertiary/aromatic N) is 1. The minimum absolute atomic E-state index is 0.105. The number of oxazole rings is 1. The Morgan fingerprint density at radius 2 is 2.38 bits per heavy atom. The number of aromatic nitrogens is 1. The van der Waals surface area contributed by atoms with Crippen molar-refractivity contribution in [1.82, 2.24) is 4.98 Å². The van der Waals surface area contributed by atoms with Crippen molar-refractivity contribution in [2.75, 3.05) is 19.8 Å². The van der Waals surface area contributed by atoms with E-state index in [9.17, 15) is 4.79 Å². The normalized spacial score (nSPS) is 20.9. The molecular weight excluding hydrogens is 214 g/mol. The number of hydrogen-bond donors (Lipinski definition) is 1. The molecule has 1 fully saturated rings. The van der Waals surface area contributed by atoms with Crippen molar-refractivity contribution in [2.45, 2.75) is 19.4 Å². The summed E-state index contributed by atoms with van der Waals surface area (Å²) in [7, 11) is 0. The minimum atomic E-state index is -1.10. The van der Waals surface area contributed by atoms with Crippen molar-refractivity contribution in [3.63, 3.8) is 0 Å². The predicted octanol–water partition coefficient (Wildman–Crippen LogP) is 1.02. The minimum Gasteiger partial charge on any atom is -0.475 e. The zero-order valence-electron chi connectivity index (χ0n) is 8.93. The van der Waals surface area contributed by atoms with Crippen LogP contribution in [0.5, 0.6) is 0 Å². The summed E-state index contributed by atoms with van der Waals surface area (Å²) in [5, 5.41) is 8.90. The van der Waals surface area contributed by atoms with Gasteiger partial charge < -0.3 is 19.0 Å². The van der Waals surface area contributed by atoms with Crippen LogP contribution in [0.2, 0.25) is 0 Å². The molecule has 1 atom stereocenters. The topological polar surface area (TPSA) is 81.8 Å². The fourth-order valence-corrected chi connectivity index (χ4v) is 1.54. The monoisotopic (exact) mass is 227 g/mol. The van der Waals surface area contributed by atoms with Gasteiger partial charge in [0.1, 0.15) is 0 Å². The fourth-order valence-electron chi connectivity index (χ4n) is 1.54. The molecule has 1 aliphatic rings. The molecular formula is C10H13NO5. The number of carbonyl (C=O) groups is 1. The maximum absolute atomic E-state index is 10.9. The summed E-state index contributed by atoms with van der Waals surface area (Å²) in [6, 6.07) is 0. The molecule has 1 aromatic heterocycles. The van der Waals surface area contributed by atoms with Gasteiger partial charge in [-0.25, -0.2) is 9.78 Å². The molecule has 2 rings (SSSR count). The first kappa shape index (κ1) is 11.1. The number of hydrogen-bond acceptors (Lipinski definition) is 5. The van der Waals surface area contributed by atoms with Crippen LogP contribution >= 0.6 is 0 Å². The first-order valence-electron chi connectivity index (χ1n) is 5.14. The number of ether oxygens (including phenoxy) is 2. The third-order valence-electron chi connectivity index (χ3n) is 2.33. The Hall–Kier alpha value is -1.40. The van der Waals surface area contributed by atoms with Crippen LogP contribution in [-0.4, -0.2) is 35.9 Å². The molecule has 2 heterocycles. The summed E-state index contributed by atoms with van der Waals surface area (Å²) in [5.41, 5.74) is 0.441. The van der Waals surface area contributed by atoms with Crippen LogP contribution in [0.1, 0.15) is 35.2 Å². The second-order valence-electron chi connectivity index (χ2n) is 3.42. The van der Waals surface area contributed by atoms with E-state index in [1.54, 1.807) is 0 Å². The molecule has 0 bridgehead atoms. The van der Waals surface area contributed by atoms with E-state index in [4.69, 9.17) is 19.0 Å². The smallest absolute Gasteiger partial charge is 0.373 e. The van der Waals surface area contributed by atoms with Gasteiger partial charge in [0, 0.05) is 0 Å². The molecule has 6 heteroatoms. The number of carboxylic acids is 1. The standard InChI is InChI=1S/C10H13NO5/c1-2-6-8(10(12)13)16-9(11-6)7-5-14-3-4-15-7/h7H,2-5H2,1H3,(H,12,13). The third kappa shape index (κ3) is 2.07. The highest BCUT2D eigenvalue weighted by molar-refractivity contribution is 5.85. The quantitative estimate of drug-likeness (QED) is 0.830. The Morgan fingerprint density at radius 3 is 2.88 bits per heavy atom. The van der Waals surface area contributed by atoms with Crippen molar-refractivity contribution in [2.24, 2.45) is 0 Å². The van der Waals surface area contributed by atoms with E-state index in [1.165, 1.54) is 0 Å². The largest absolute Gasteiger partial charge is 0.475 e. The number of aromatic carboxylic acids is 1. The highest BCUT2D eigenvalue weighted by atomic mass is 16.6. The van der Waals surface area contributed by atoms with E-state index < -0.39 is 12.1 Å². The summed E-state index contributed by atoms with van der Waals surface area (Å²) in [5.74, 6) is -0.923. The van der Waals surface area contributed by atoms with Crippen LogP contribution in [0.25, 0.3) is 0 Å². The zero-order chi connectivity index (χ0) is 11.5. The Bertz CT molecular complexity index is 381. The molecule has 1 aliphatic heterocycles. The highest BCUT2D eigenvalue weighted by Crippen LogP contribution is 2.23. The summed E-state index contributed by atoms with van der Waals surface area (Å²) >= 11 is 0. The van der Waals surface area contributed by atoms with E-state index in [1.807, 2.05) is 6.92 Å². The lowest BCUT2D eigenvalue weighted by atomic mass is 10.3.